The van der Waals surface area contributed by atoms with Crippen LogP contribution in [-0.4, -0.2) is 28.2 Å². The molecule has 1 amide bonds. The second-order valence-electron chi connectivity index (χ2n) is 3.87. The molecule has 2 aromatic rings. The summed E-state index contributed by atoms with van der Waals surface area (Å²) in [7, 11) is 0. The number of aromatic nitrogens is 1. The summed E-state index contributed by atoms with van der Waals surface area (Å²) in [6.45, 7) is 0. The number of amides is 1. The van der Waals surface area contributed by atoms with E-state index >= 15 is 0 Å². The second-order valence-corrected chi connectivity index (χ2v) is 4.66. The molecule has 0 bridgehead atoms. The first kappa shape index (κ1) is 14.1. The molecule has 2 N–H and O–H groups in total. The lowest BCUT2D eigenvalue weighted by atomic mass is 10.1. The average molecular weight is 288 g/mol. The minimum atomic E-state index is -1.09. The molecule has 1 aromatic heterocycles. The first-order chi connectivity index (χ1) is 9.63. The molecule has 0 saturated heterocycles. The number of hydrogen-bond donors (Lipinski definition) is 2. The summed E-state index contributed by atoms with van der Waals surface area (Å²) in [6.07, 6.45) is 3.43. The lowest BCUT2D eigenvalue weighted by Gasteiger charge is -2.09. The van der Waals surface area contributed by atoms with Gasteiger partial charge in [0, 0.05) is 6.20 Å². The molecule has 5 nitrogen and oxygen atoms in total. The molecular weight excluding hydrogens is 276 g/mol. The fraction of sp³-hybridized carbons (Fsp3) is 0.0714. The number of pyridine rings is 1. The first-order valence-electron chi connectivity index (χ1n) is 5.76. The summed E-state index contributed by atoms with van der Waals surface area (Å²) in [5.74, 6) is -1.46. The Labute approximate surface area is 120 Å². The van der Waals surface area contributed by atoms with Gasteiger partial charge in [0.1, 0.15) is 5.03 Å². The van der Waals surface area contributed by atoms with Crippen molar-refractivity contribution in [3.05, 3.63) is 53.7 Å². The summed E-state index contributed by atoms with van der Waals surface area (Å²) >= 11 is 1.36. The van der Waals surface area contributed by atoms with E-state index in [9.17, 15) is 9.59 Å². The molecule has 6 heteroatoms. The van der Waals surface area contributed by atoms with Crippen molar-refractivity contribution in [2.75, 3.05) is 11.6 Å². The van der Waals surface area contributed by atoms with Crippen LogP contribution in [-0.2, 0) is 0 Å². The third-order valence-electron chi connectivity index (χ3n) is 2.61. The van der Waals surface area contributed by atoms with E-state index in [2.05, 4.69) is 10.3 Å². The van der Waals surface area contributed by atoms with Crippen LogP contribution in [0.3, 0.4) is 0 Å². The van der Waals surface area contributed by atoms with Gasteiger partial charge in [-0.25, -0.2) is 9.78 Å². The number of aromatic carboxylic acids is 1. The van der Waals surface area contributed by atoms with Gasteiger partial charge in [-0.3, -0.25) is 4.79 Å². The fourth-order valence-electron chi connectivity index (χ4n) is 1.69. The van der Waals surface area contributed by atoms with Crippen LogP contribution >= 0.6 is 11.8 Å². The Kier molecular flexibility index (Phi) is 4.37. The van der Waals surface area contributed by atoms with Gasteiger partial charge in [0.15, 0.2) is 0 Å². The van der Waals surface area contributed by atoms with E-state index in [-0.39, 0.29) is 17.2 Å². The predicted octanol–water partition coefficient (Wildman–Crippen LogP) is 2.75. The van der Waals surface area contributed by atoms with Crippen molar-refractivity contribution in [3.8, 4) is 0 Å². The van der Waals surface area contributed by atoms with Gasteiger partial charge in [-0.15, -0.1) is 11.8 Å². The maximum absolute atomic E-state index is 12.2. The second kappa shape index (κ2) is 6.21. The summed E-state index contributed by atoms with van der Waals surface area (Å²) in [4.78, 5) is 27.4. The quantitative estimate of drug-likeness (QED) is 0.846. The van der Waals surface area contributed by atoms with Crippen LogP contribution in [0.5, 0.6) is 0 Å². The van der Waals surface area contributed by atoms with Crippen LogP contribution in [0.25, 0.3) is 0 Å². The number of para-hydroxylation sites is 1. The average Bonchev–Trinajstić information content (AvgIpc) is 2.47. The molecule has 0 aliphatic heterocycles. The van der Waals surface area contributed by atoms with Gasteiger partial charge in [-0.1, -0.05) is 12.1 Å². The van der Waals surface area contributed by atoms with Gasteiger partial charge < -0.3 is 10.4 Å². The standard InChI is InChI=1S/C14H12N2O3S/c1-20-13-10(6-4-8-15-13)12(17)16-11-7-3-2-5-9(11)14(18)19/h2-8H,1H3,(H,16,17)(H,18,19). The van der Waals surface area contributed by atoms with E-state index in [1.165, 1.54) is 17.8 Å². The number of hydrogen-bond acceptors (Lipinski definition) is 4. The number of thioether (sulfide) groups is 1. The maximum atomic E-state index is 12.2. The topological polar surface area (TPSA) is 79.3 Å². The number of carboxylic acid groups (broad SMARTS) is 1. The van der Waals surface area contributed by atoms with Crippen molar-refractivity contribution in [1.82, 2.24) is 4.98 Å². The molecular formula is C14H12N2O3S. The van der Waals surface area contributed by atoms with Crippen molar-refractivity contribution in [3.63, 3.8) is 0 Å². The molecule has 20 heavy (non-hydrogen) atoms. The van der Waals surface area contributed by atoms with Crippen LogP contribution in [0.2, 0.25) is 0 Å². The minimum absolute atomic E-state index is 0.0513. The number of nitrogens with one attached hydrogen (secondary N) is 1. The van der Waals surface area contributed by atoms with E-state index in [1.807, 2.05) is 6.26 Å². The fourth-order valence-corrected chi connectivity index (χ4v) is 2.24. The molecule has 0 radical (unpaired) electrons. The number of nitrogens with zero attached hydrogens (tertiary/aromatic N) is 1. The third kappa shape index (κ3) is 2.97. The number of anilines is 1. The largest absolute Gasteiger partial charge is 0.478 e. The van der Waals surface area contributed by atoms with Gasteiger partial charge >= 0.3 is 5.97 Å². The van der Waals surface area contributed by atoms with Gasteiger partial charge in [0.05, 0.1) is 16.8 Å². The summed E-state index contributed by atoms with van der Waals surface area (Å²) in [5.41, 5.74) is 0.733. The normalized spacial score (nSPS) is 10.1. The van der Waals surface area contributed by atoms with Gasteiger partial charge in [-0.05, 0) is 30.5 Å². The summed E-state index contributed by atoms with van der Waals surface area (Å²) < 4.78 is 0. The number of carboxylic acids is 1. The molecule has 0 atom stereocenters. The van der Waals surface area contributed by atoms with E-state index < -0.39 is 5.97 Å². The molecule has 0 spiro atoms. The predicted molar refractivity (Wildman–Crippen MR) is 77.4 cm³/mol. The Morgan fingerprint density at radius 1 is 1.15 bits per heavy atom. The van der Waals surface area contributed by atoms with E-state index in [0.29, 0.717) is 10.6 Å². The van der Waals surface area contributed by atoms with Crippen LogP contribution in [0, 0.1) is 0 Å². The van der Waals surface area contributed by atoms with Gasteiger partial charge in [-0.2, -0.15) is 0 Å². The highest BCUT2D eigenvalue weighted by atomic mass is 32.2. The van der Waals surface area contributed by atoms with Crippen molar-refractivity contribution in [1.29, 1.82) is 0 Å². The van der Waals surface area contributed by atoms with Crippen molar-refractivity contribution < 1.29 is 14.7 Å². The molecule has 1 heterocycles. The molecule has 2 rings (SSSR count). The van der Waals surface area contributed by atoms with E-state index in [0.717, 1.165) is 0 Å². The monoisotopic (exact) mass is 288 g/mol. The number of carbonyl (C=O) groups excluding carboxylic acids is 1. The van der Waals surface area contributed by atoms with Crippen molar-refractivity contribution >= 4 is 29.3 Å². The van der Waals surface area contributed by atoms with E-state index in [4.69, 9.17) is 5.11 Å². The van der Waals surface area contributed by atoms with Gasteiger partial charge in [0.2, 0.25) is 0 Å². The first-order valence-corrected chi connectivity index (χ1v) is 6.98. The van der Waals surface area contributed by atoms with Crippen molar-refractivity contribution in [2.45, 2.75) is 5.03 Å². The lowest BCUT2D eigenvalue weighted by molar-refractivity contribution is 0.0698. The zero-order chi connectivity index (χ0) is 14.5. The third-order valence-corrected chi connectivity index (χ3v) is 3.33. The Balaban J connectivity index is 2.31. The molecule has 0 aliphatic rings. The summed E-state index contributed by atoms with van der Waals surface area (Å²) in [6, 6.07) is 9.58. The highest BCUT2D eigenvalue weighted by Crippen LogP contribution is 2.20. The molecule has 0 fully saturated rings. The molecule has 0 aliphatic carbocycles. The van der Waals surface area contributed by atoms with E-state index in [1.54, 1.807) is 36.5 Å². The van der Waals surface area contributed by atoms with Crippen LogP contribution in [0.15, 0.2) is 47.6 Å². The zero-order valence-electron chi connectivity index (χ0n) is 10.7. The Bertz CT molecular complexity index is 658. The van der Waals surface area contributed by atoms with Crippen molar-refractivity contribution in [2.24, 2.45) is 0 Å². The zero-order valence-corrected chi connectivity index (χ0v) is 11.5. The lowest BCUT2D eigenvalue weighted by Crippen LogP contribution is -2.16. The Morgan fingerprint density at radius 2 is 1.85 bits per heavy atom. The minimum Gasteiger partial charge on any atom is -0.478 e. The molecule has 0 saturated carbocycles. The number of rotatable bonds is 4. The highest BCUT2D eigenvalue weighted by molar-refractivity contribution is 7.98. The summed E-state index contributed by atoms with van der Waals surface area (Å²) in [5, 5.41) is 12.3. The molecule has 102 valence electrons. The number of benzene rings is 1. The maximum Gasteiger partial charge on any atom is 0.337 e. The number of carbonyl (C=O) groups is 2. The van der Waals surface area contributed by atoms with Crippen LogP contribution < -0.4 is 5.32 Å². The Morgan fingerprint density at radius 3 is 2.55 bits per heavy atom. The SMILES string of the molecule is CSc1ncccc1C(=O)Nc1ccccc1C(=O)O. The van der Waals surface area contributed by atoms with Crippen LogP contribution in [0.1, 0.15) is 20.7 Å². The van der Waals surface area contributed by atoms with Crippen LogP contribution in [0.4, 0.5) is 5.69 Å². The Hall–Kier alpha value is -2.34. The highest BCUT2D eigenvalue weighted by Gasteiger charge is 2.15. The van der Waals surface area contributed by atoms with Gasteiger partial charge in [0.25, 0.3) is 5.91 Å². The molecule has 1 aromatic carbocycles. The smallest absolute Gasteiger partial charge is 0.337 e. The molecule has 0 unspecified atom stereocenters.